The van der Waals surface area contributed by atoms with Gasteiger partial charge in [0.1, 0.15) is 36.1 Å². The molecule has 4 unspecified atom stereocenters. The number of carbonyl (C=O) groups is 4. The molecule has 0 aromatic heterocycles. The van der Waals surface area contributed by atoms with Crippen LogP contribution in [0.1, 0.15) is 80.8 Å². The Morgan fingerprint density at radius 3 is 2.37 bits per heavy atom. The summed E-state index contributed by atoms with van der Waals surface area (Å²) in [6.07, 6.45) is -5.09. The van der Waals surface area contributed by atoms with Crippen LogP contribution in [0.4, 0.5) is 10.5 Å². The van der Waals surface area contributed by atoms with Crippen LogP contribution < -0.4 is 10.1 Å². The number of nitrogens with one attached hydrogen (secondary N) is 1. The fourth-order valence-electron chi connectivity index (χ4n) is 7.41. The molecule has 16 nitrogen and oxygen atoms in total. The number of benzene rings is 3. The van der Waals surface area contributed by atoms with Crippen LogP contribution in [0.3, 0.4) is 0 Å². The molecule has 0 heterocycles. The number of amides is 1. The number of phenolic OH excluding ortho intramolecular Hbond substituents is 2. The number of nitro benzene ring substituents is 1. The molecular weight excluding hydrogens is 684 g/mol. The summed E-state index contributed by atoms with van der Waals surface area (Å²) in [6, 6.07) is 8.78. The monoisotopic (exact) mass is 720 g/mol. The lowest BCUT2D eigenvalue weighted by Crippen LogP contribution is -2.53. The van der Waals surface area contributed by atoms with E-state index in [1.165, 1.54) is 49.6 Å². The van der Waals surface area contributed by atoms with E-state index in [0.29, 0.717) is 5.56 Å². The van der Waals surface area contributed by atoms with Gasteiger partial charge in [0.25, 0.3) is 5.69 Å². The number of methoxy groups -OCH3 is 1. The van der Waals surface area contributed by atoms with Crippen LogP contribution in [0.2, 0.25) is 0 Å². The number of ketones is 3. The van der Waals surface area contributed by atoms with Crippen molar-refractivity contribution in [3.8, 4) is 17.2 Å². The molecule has 16 heteroatoms. The van der Waals surface area contributed by atoms with Crippen molar-refractivity contribution in [2.24, 2.45) is 5.92 Å². The van der Waals surface area contributed by atoms with E-state index < -0.39 is 106 Å². The van der Waals surface area contributed by atoms with Gasteiger partial charge in [-0.05, 0) is 42.5 Å². The van der Waals surface area contributed by atoms with Gasteiger partial charge in [0.2, 0.25) is 5.78 Å². The van der Waals surface area contributed by atoms with E-state index >= 15 is 0 Å². The van der Waals surface area contributed by atoms with Crippen LogP contribution in [-0.2, 0) is 27.3 Å². The lowest BCUT2D eigenvalue weighted by molar-refractivity contribution is -0.384. The Kier molecular flexibility index (Phi) is 9.76. The molecule has 3 aliphatic carbocycles. The molecule has 0 aliphatic heterocycles. The number of nitro groups is 1. The highest BCUT2D eigenvalue weighted by atomic mass is 16.6. The number of aromatic hydroxyl groups is 2. The summed E-state index contributed by atoms with van der Waals surface area (Å²) in [5.41, 5.74) is -3.57. The van der Waals surface area contributed by atoms with E-state index in [2.05, 4.69) is 5.32 Å². The fourth-order valence-corrected chi connectivity index (χ4v) is 7.41. The molecule has 3 aromatic carbocycles. The average molecular weight is 721 g/mol. The van der Waals surface area contributed by atoms with Gasteiger partial charge in [-0.2, -0.15) is 0 Å². The van der Waals surface area contributed by atoms with Gasteiger partial charge in [-0.15, -0.1) is 0 Å². The van der Waals surface area contributed by atoms with Crippen LogP contribution in [0.5, 0.6) is 17.2 Å². The van der Waals surface area contributed by atoms with Gasteiger partial charge < -0.3 is 45.1 Å². The Morgan fingerprint density at radius 2 is 1.71 bits per heavy atom. The zero-order chi connectivity index (χ0) is 37.6. The third-order valence-corrected chi connectivity index (χ3v) is 10.1. The van der Waals surface area contributed by atoms with Gasteiger partial charge in [0.15, 0.2) is 11.6 Å². The van der Waals surface area contributed by atoms with Crippen molar-refractivity contribution < 1.29 is 63.8 Å². The minimum Gasteiger partial charge on any atom is -0.507 e. The van der Waals surface area contributed by atoms with Crippen molar-refractivity contribution in [1.29, 1.82) is 0 Å². The number of aliphatic hydroxyl groups is 3. The first kappa shape index (κ1) is 36.4. The molecule has 3 aromatic rings. The minimum atomic E-state index is -2.31. The maximum absolute atomic E-state index is 13.9. The Morgan fingerprint density at radius 1 is 1.02 bits per heavy atom. The number of carbonyl (C=O) groups excluding carboxylic acids is 4. The minimum absolute atomic E-state index is 0.0178. The molecule has 3 aliphatic rings. The zero-order valence-corrected chi connectivity index (χ0v) is 28.0. The molecule has 0 radical (unpaired) electrons. The summed E-state index contributed by atoms with van der Waals surface area (Å²) in [4.78, 5) is 63.6. The molecule has 6 atom stereocenters. The smallest absolute Gasteiger partial charge is 0.407 e. The van der Waals surface area contributed by atoms with Crippen LogP contribution in [0.15, 0.2) is 42.5 Å². The van der Waals surface area contributed by atoms with E-state index in [1.54, 1.807) is 6.92 Å². The van der Waals surface area contributed by atoms with E-state index in [4.69, 9.17) is 14.2 Å². The normalized spacial score (nSPS) is 25.0. The largest absolute Gasteiger partial charge is 0.507 e. The second-order valence-corrected chi connectivity index (χ2v) is 13.3. The summed E-state index contributed by atoms with van der Waals surface area (Å²) in [6.45, 7) is 0.414. The highest BCUT2D eigenvalue weighted by Gasteiger charge is 2.50. The molecule has 6 N–H and O–H groups in total. The third-order valence-electron chi connectivity index (χ3n) is 10.1. The molecule has 1 saturated carbocycles. The lowest BCUT2D eigenvalue weighted by atomic mass is 9.71. The molecule has 6 rings (SSSR count). The third kappa shape index (κ3) is 6.34. The van der Waals surface area contributed by atoms with Gasteiger partial charge >= 0.3 is 6.09 Å². The zero-order valence-electron chi connectivity index (χ0n) is 28.0. The Bertz CT molecular complexity index is 1980. The number of rotatable bonds is 9. The van der Waals surface area contributed by atoms with Crippen LogP contribution in [0, 0.1) is 16.0 Å². The Labute approximate surface area is 295 Å². The molecule has 1 amide bonds. The predicted octanol–water partition coefficient (Wildman–Crippen LogP) is 2.54. The SMILES string of the molecule is COc1cccc2c1C(=O)c1c(O)c3c(c(O)c1C2=O)C[C@@](O)(C(=O)CO)C[C@@H]3OC1CC(C)C(O)C(NC(=O)OCc2ccc([N+](=O)[O-])cc2)C1. The number of ether oxygens (including phenoxy) is 3. The fraction of sp³-hybridized carbons (Fsp3) is 0.389. The highest BCUT2D eigenvalue weighted by molar-refractivity contribution is 6.31. The molecule has 1 fully saturated rings. The van der Waals surface area contributed by atoms with Crippen LogP contribution >= 0.6 is 0 Å². The van der Waals surface area contributed by atoms with Crippen molar-refractivity contribution in [2.45, 2.75) is 69.2 Å². The van der Waals surface area contributed by atoms with E-state index in [-0.39, 0.29) is 53.1 Å². The van der Waals surface area contributed by atoms with Crippen LogP contribution in [-0.4, -0.2) is 91.5 Å². The van der Waals surface area contributed by atoms with E-state index in [1.807, 2.05) is 0 Å². The maximum atomic E-state index is 13.9. The van der Waals surface area contributed by atoms with Crippen LogP contribution in [0.25, 0.3) is 0 Å². The van der Waals surface area contributed by atoms with Crippen molar-refractivity contribution in [3.05, 3.63) is 91.5 Å². The van der Waals surface area contributed by atoms with E-state index in [0.717, 1.165) is 0 Å². The quantitative estimate of drug-likeness (QED) is 0.0826. The standard InChI is InChI=1S/C36H36N2O14/c1-16-10-19(11-22(30(16)41)37-35(46)51-15-17-6-8-18(9-7-17)38(48)49)52-24-13-36(47,25(40)14-39)12-21-27(24)34(45)29-28(32(21)43)31(42)20-4-3-5-23(50-2)26(20)33(29)44/h3-9,16,19,22,24,30,39,41,43,45,47H,10-15H2,1-2H3,(H,37,46)/t16?,19?,22?,24-,30?,36-/m0/s1. The first-order valence-electron chi connectivity index (χ1n) is 16.4. The number of aliphatic hydroxyl groups excluding tert-OH is 2. The number of hydrogen-bond acceptors (Lipinski definition) is 14. The molecule has 0 spiro atoms. The highest BCUT2D eigenvalue weighted by Crippen LogP contribution is 2.52. The number of fused-ring (bicyclic) bond motifs is 3. The molecule has 274 valence electrons. The van der Waals surface area contributed by atoms with Crippen molar-refractivity contribution in [1.82, 2.24) is 5.32 Å². The first-order valence-corrected chi connectivity index (χ1v) is 16.4. The second kappa shape index (κ2) is 14.0. The van der Waals surface area contributed by atoms with Gasteiger partial charge in [0, 0.05) is 41.7 Å². The van der Waals surface area contributed by atoms with Gasteiger partial charge in [0.05, 0.1) is 53.1 Å². The topological polar surface area (TPSA) is 252 Å². The number of alkyl carbamates (subject to hydrolysis) is 1. The summed E-state index contributed by atoms with van der Waals surface area (Å²) in [7, 11) is 1.30. The predicted molar refractivity (Wildman–Crippen MR) is 177 cm³/mol. The van der Waals surface area contributed by atoms with Crippen molar-refractivity contribution >= 4 is 29.1 Å². The van der Waals surface area contributed by atoms with Crippen molar-refractivity contribution in [3.63, 3.8) is 0 Å². The maximum Gasteiger partial charge on any atom is 0.407 e. The van der Waals surface area contributed by atoms with Gasteiger partial charge in [-0.25, -0.2) is 4.79 Å². The van der Waals surface area contributed by atoms with Gasteiger partial charge in [-0.3, -0.25) is 24.5 Å². The lowest BCUT2D eigenvalue weighted by Gasteiger charge is -2.43. The number of Topliss-reactive ketones (excluding diaryl/α,β-unsaturated/α-hetero) is 1. The summed E-state index contributed by atoms with van der Waals surface area (Å²) in [5.74, 6) is -4.48. The average Bonchev–Trinajstić information content (AvgIpc) is 3.12. The molecule has 0 saturated heterocycles. The number of phenols is 2. The summed E-state index contributed by atoms with van der Waals surface area (Å²) >= 11 is 0. The van der Waals surface area contributed by atoms with Gasteiger partial charge in [-0.1, -0.05) is 19.1 Å². The summed E-state index contributed by atoms with van der Waals surface area (Å²) < 4.78 is 17.0. The Hall–Kier alpha value is -5.42. The second-order valence-electron chi connectivity index (χ2n) is 13.3. The first-order chi connectivity index (χ1) is 24.7. The Balaban J connectivity index is 1.30. The van der Waals surface area contributed by atoms with Crippen molar-refractivity contribution in [2.75, 3.05) is 13.7 Å². The molecule has 0 bridgehead atoms. The number of nitrogens with zero attached hydrogens (tertiary/aromatic N) is 1. The number of non-ortho nitro benzene ring substituents is 1. The van der Waals surface area contributed by atoms with E-state index in [9.17, 15) is 54.8 Å². The molecule has 52 heavy (non-hydrogen) atoms. The number of hydrogen-bond donors (Lipinski definition) is 6. The molecular formula is C36H36N2O14. The summed E-state index contributed by atoms with van der Waals surface area (Å²) in [5, 5.41) is 69.0.